The second-order valence-corrected chi connectivity index (χ2v) is 8.60. The molecule has 1 aromatic heterocycles. The van der Waals surface area contributed by atoms with E-state index in [4.69, 9.17) is 0 Å². The minimum Gasteiger partial charge on any atom is -0.478 e. The third-order valence-electron chi connectivity index (χ3n) is 6.07. The molecule has 0 atom stereocenters. The van der Waals surface area contributed by atoms with E-state index in [1.165, 1.54) is 4.90 Å². The molecule has 0 bridgehead atoms. The van der Waals surface area contributed by atoms with Gasteiger partial charge in [0.05, 0.1) is 12.1 Å². The minimum atomic E-state index is -0.972. The predicted octanol–water partition coefficient (Wildman–Crippen LogP) is 4.79. The van der Waals surface area contributed by atoms with Crippen molar-refractivity contribution in [2.75, 3.05) is 0 Å². The molecule has 0 unspecified atom stereocenters. The summed E-state index contributed by atoms with van der Waals surface area (Å²) in [5.74, 6) is -1.35. The molecule has 0 saturated carbocycles. The summed E-state index contributed by atoms with van der Waals surface area (Å²) in [7, 11) is 0. The van der Waals surface area contributed by atoms with Crippen molar-refractivity contribution < 1.29 is 19.5 Å². The summed E-state index contributed by atoms with van der Waals surface area (Å²) in [4.78, 5) is 38.1. The molecule has 1 saturated heterocycles. The molecule has 2 heterocycles. The number of para-hydroxylation sites is 1. The van der Waals surface area contributed by atoms with Crippen molar-refractivity contribution in [3.05, 3.63) is 113 Å². The van der Waals surface area contributed by atoms with Gasteiger partial charge in [0.2, 0.25) is 0 Å². The predicted molar refractivity (Wildman–Crippen MR) is 133 cm³/mol. The van der Waals surface area contributed by atoms with Gasteiger partial charge in [-0.05, 0) is 42.3 Å². The molecular weight excluding hydrogens is 442 g/mol. The average molecular weight is 466 g/mol. The molecule has 174 valence electrons. The first-order valence-corrected chi connectivity index (χ1v) is 11.2. The number of amides is 3. The number of hydrogen-bond acceptors (Lipinski definition) is 3. The van der Waals surface area contributed by atoms with Crippen LogP contribution in [0.15, 0.2) is 84.7 Å². The second kappa shape index (κ2) is 8.95. The molecular formula is C28H23N3O4. The third-order valence-corrected chi connectivity index (χ3v) is 6.07. The van der Waals surface area contributed by atoms with E-state index in [0.29, 0.717) is 6.54 Å². The molecule has 2 N–H and O–H groups in total. The topological polar surface area (TPSA) is 91.6 Å². The molecule has 1 fully saturated rings. The van der Waals surface area contributed by atoms with Crippen LogP contribution in [0.5, 0.6) is 0 Å². The Bertz CT molecular complexity index is 1500. The van der Waals surface area contributed by atoms with E-state index in [9.17, 15) is 19.5 Å². The number of urea groups is 1. The van der Waals surface area contributed by atoms with Gasteiger partial charge in [0, 0.05) is 29.2 Å². The highest BCUT2D eigenvalue weighted by Crippen LogP contribution is 2.26. The Balaban J connectivity index is 1.45. The highest BCUT2D eigenvalue weighted by molar-refractivity contribution is 6.14. The Hall–Kier alpha value is -4.65. The van der Waals surface area contributed by atoms with E-state index >= 15 is 0 Å². The Kier molecular flexibility index (Phi) is 5.66. The van der Waals surface area contributed by atoms with E-state index in [1.54, 1.807) is 24.3 Å². The summed E-state index contributed by atoms with van der Waals surface area (Å²) in [6.45, 7) is 2.65. The maximum Gasteiger partial charge on any atom is 0.335 e. The standard InChI is InChI=1S/C28H23N3O4/c1-18-9-11-19(12-10-18)16-31-26(32)24(29-28(31)35)14-22-17-30(25-8-3-2-7-23(22)25)15-20-5-4-6-21(13-20)27(33)34/h2-14,17H,15-16H2,1H3,(H,29,35)(H,33,34)/b24-14+. The molecule has 3 amide bonds. The molecule has 5 rings (SSSR count). The largest absolute Gasteiger partial charge is 0.478 e. The van der Waals surface area contributed by atoms with Crippen molar-refractivity contribution in [1.29, 1.82) is 0 Å². The Morgan fingerprint density at radius 1 is 0.943 bits per heavy atom. The Morgan fingerprint density at radius 2 is 1.71 bits per heavy atom. The zero-order valence-corrected chi connectivity index (χ0v) is 19.1. The fraction of sp³-hybridized carbons (Fsp3) is 0.107. The molecule has 7 nitrogen and oxygen atoms in total. The fourth-order valence-electron chi connectivity index (χ4n) is 4.27. The number of benzene rings is 3. The summed E-state index contributed by atoms with van der Waals surface area (Å²) in [5, 5.41) is 12.9. The van der Waals surface area contributed by atoms with Crippen LogP contribution in [0.25, 0.3) is 17.0 Å². The van der Waals surface area contributed by atoms with Gasteiger partial charge in [-0.3, -0.25) is 9.69 Å². The van der Waals surface area contributed by atoms with Crippen molar-refractivity contribution in [2.45, 2.75) is 20.0 Å². The number of carboxylic acids is 1. The van der Waals surface area contributed by atoms with Gasteiger partial charge in [0.25, 0.3) is 5.91 Å². The Morgan fingerprint density at radius 3 is 2.49 bits per heavy atom. The number of nitrogens with one attached hydrogen (secondary N) is 1. The first kappa shape index (κ1) is 22.2. The van der Waals surface area contributed by atoms with E-state index in [2.05, 4.69) is 5.32 Å². The van der Waals surface area contributed by atoms with Crippen molar-refractivity contribution in [3.63, 3.8) is 0 Å². The molecule has 4 aromatic rings. The number of rotatable bonds is 6. The Labute approximate surface area is 201 Å². The normalized spacial score (nSPS) is 14.7. The zero-order valence-electron chi connectivity index (χ0n) is 19.1. The van der Waals surface area contributed by atoms with Crippen LogP contribution in [0, 0.1) is 6.92 Å². The smallest absolute Gasteiger partial charge is 0.335 e. The molecule has 0 radical (unpaired) electrons. The van der Waals surface area contributed by atoms with Gasteiger partial charge >= 0.3 is 12.0 Å². The highest BCUT2D eigenvalue weighted by Gasteiger charge is 2.33. The minimum absolute atomic E-state index is 0.198. The number of carbonyl (C=O) groups is 3. The van der Waals surface area contributed by atoms with Gasteiger partial charge in [0.1, 0.15) is 5.70 Å². The number of aromatic nitrogens is 1. The molecule has 0 aliphatic carbocycles. The SMILES string of the molecule is Cc1ccc(CN2C(=O)N/C(=C/c3cn(Cc4cccc(C(=O)O)c4)c4ccccc34)C2=O)cc1. The van der Waals surface area contributed by atoms with Gasteiger partial charge < -0.3 is 15.0 Å². The number of nitrogens with zero attached hydrogens (tertiary/aromatic N) is 2. The van der Waals surface area contributed by atoms with Gasteiger partial charge in [-0.15, -0.1) is 0 Å². The lowest BCUT2D eigenvalue weighted by atomic mass is 10.1. The van der Waals surface area contributed by atoms with E-state index in [0.717, 1.165) is 33.2 Å². The van der Waals surface area contributed by atoms with Crippen LogP contribution < -0.4 is 5.32 Å². The summed E-state index contributed by atoms with van der Waals surface area (Å²) in [6.07, 6.45) is 3.61. The number of imide groups is 1. The summed E-state index contributed by atoms with van der Waals surface area (Å²) in [5.41, 5.74) is 5.01. The molecule has 0 spiro atoms. The van der Waals surface area contributed by atoms with Crippen LogP contribution in [0.2, 0.25) is 0 Å². The average Bonchev–Trinajstić information content (AvgIpc) is 3.32. The summed E-state index contributed by atoms with van der Waals surface area (Å²) < 4.78 is 2.01. The quantitative estimate of drug-likeness (QED) is 0.316. The van der Waals surface area contributed by atoms with Crippen LogP contribution >= 0.6 is 0 Å². The van der Waals surface area contributed by atoms with Crippen LogP contribution in [0.3, 0.4) is 0 Å². The van der Waals surface area contributed by atoms with Crippen molar-refractivity contribution >= 4 is 34.9 Å². The lowest BCUT2D eigenvalue weighted by Gasteiger charge is -2.11. The summed E-state index contributed by atoms with van der Waals surface area (Å²) >= 11 is 0. The number of aryl methyl sites for hydroxylation is 1. The van der Waals surface area contributed by atoms with Gasteiger partial charge in [-0.1, -0.05) is 60.2 Å². The number of carbonyl (C=O) groups excluding carboxylic acids is 2. The van der Waals surface area contributed by atoms with E-state index < -0.39 is 12.0 Å². The number of hydrogen-bond donors (Lipinski definition) is 2. The maximum absolute atomic E-state index is 13.0. The third kappa shape index (κ3) is 4.44. The second-order valence-electron chi connectivity index (χ2n) is 8.60. The molecule has 1 aliphatic rings. The molecule has 3 aromatic carbocycles. The first-order valence-electron chi connectivity index (χ1n) is 11.2. The fourth-order valence-corrected chi connectivity index (χ4v) is 4.27. The number of aromatic carboxylic acids is 1. The van der Waals surface area contributed by atoms with Crippen molar-refractivity contribution in [3.8, 4) is 0 Å². The highest BCUT2D eigenvalue weighted by atomic mass is 16.4. The van der Waals surface area contributed by atoms with Crippen molar-refractivity contribution in [1.82, 2.24) is 14.8 Å². The van der Waals surface area contributed by atoms with Gasteiger partial charge in [-0.2, -0.15) is 0 Å². The van der Waals surface area contributed by atoms with Crippen LogP contribution in [-0.4, -0.2) is 32.5 Å². The van der Waals surface area contributed by atoms with Crippen molar-refractivity contribution in [2.24, 2.45) is 0 Å². The monoisotopic (exact) mass is 465 g/mol. The van der Waals surface area contributed by atoms with E-state index in [1.807, 2.05) is 72.3 Å². The van der Waals surface area contributed by atoms with Crippen LogP contribution in [0.4, 0.5) is 4.79 Å². The number of carboxylic acid groups (broad SMARTS) is 1. The first-order chi connectivity index (χ1) is 16.9. The molecule has 7 heteroatoms. The number of fused-ring (bicyclic) bond motifs is 1. The lowest BCUT2D eigenvalue weighted by Crippen LogP contribution is -2.30. The summed E-state index contributed by atoms with van der Waals surface area (Å²) in [6, 6.07) is 21.8. The lowest BCUT2D eigenvalue weighted by molar-refractivity contribution is -0.123. The van der Waals surface area contributed by atoms with Crippen LogP contribution in [0.1, 0.15) is 32.6 Å². The maximum atomic E-state index is 13.0. The molecule has 35 heavy (non-hydrogen) atoms. The zero-order chi connectivity index (χ0) is 24.5. The van der Waals surface area contributed by atoms with Crippen LogP contribution in [-0.2, 0) is 17.9 Å². The van der Waals surface area contributed by atoms with Gasteiger partial charge in [-0.25, -0.2) is 9.59 Å². The van der Waals surface area contributed by atoms with E-state index in [-0.39, 0.29) is 23.7 Å². The van der Waals surface area contributed by atoms with Gasteiger partial charge in [0.15, 0.2) is 0 Å². The molecule has 1 aliphatic heterocycles.